The van der Waals surface area contributed by atoms with E-state index in [0.717, 1.165) is 12.8 Å². The number of rotatable bonds is 4. The molecule has 15 heavy (non-hydrogen) atoms. The molecule has 0 radical (unpaired) electrons. The number of hydrogen-bond acceptors (Lipinski definition) is 3. The normalized spacial score (nSPS) is 28.3. The summed E-state index contributed by atoms with van der Waals surface area (Å²) in [5, 5.41) is 20.7. The van der Waals surface area contributed by atoms with Crippen LogP contribution in [0.2, 0.25) is 0 Å². The summed E-state index contributed by atoms with van der Waals surface area (Å²) in [5.41, 5.74) is 0. The second-order valence-electron chi connectivity index (χ2n) is 3.95. The predicted molar refractivity (Wildman–Crippen MR) is 53.6 cm³/mol. The first-order valence-electron chi connectivity index (χ1n) is 5.28. The molecule has 0 bridgehead atoms. The molecule has 0 unspecified atom stereocenters. The van der Waals surface area contributed by atoms with Gasteiger partial charge in [0, 0.05) is 6.04 Å². The van der Waals surface area contributed by atoms with E-state index in [-0.39, 0.29) is 6.04 Å². The summed E-state index contributed by atoms with van der Waals surface area (Å²) in [6, 6.07) is -0.792. The Labute approximate surface area is 88.5 Å². The molecule has 1 aliphatic rings. The molecule has 1 aliphatic heterocycles. The van der Waals surface area contributed by atoms with Gasteiger partial charge in [-0.15, -0.1) is 0 Å². The van der Waals surface area contributed by atoms with Gasteiger partial charge in [0.15, 0.2) is 0 Å². The van der Waals surface area contributed by atoms with E-state index in [2.05, 4.69) is 5.32 Å². The van der Waals surface area contributed by atoms with Crippen molar-refractivity contribution in [2.45, 2.75) is 44.7 Å². The van der Waals surface area contributed by atoms with Crippen LogP contribution in [0, 0.1) is 5.92 Å². The number of carbonyl (C=O) groups is 2. The monoisotopic (exact) mass is 215 g/mol. The van der Waals surface area contributed by atoms with Crippen LogP contribution < -0.4 is 5.32 Å². The van der Waals surface area contributed by atoms with E-state index in [9.17, 15) is 9.59 Å². The van der Waals surface area contributed by atoms with Crippen LogP contribution in [0.4, 0.5) is 0 Å². The Kier molecular flexibility index (Phi) is 4.08. The van der Waals surface area contributed by atoms with Gasteiger partial charge in [0.1, 0.15) is 6.04 Å². The van der Waals surface area contributed by atoms with E-state index >= 15 is 0 Å². The van der Waals surface area contributed by atoms with Gasteiger partial charge in [0.05, 0.1) is 5.92 Å². The molecule has 3 N–H and O–H groups in total. The molecule has 0 aromatic carbocycles. The third-order valence-corrected chi connectivity index (χ3v) is 2.96. The second-order valence-corrected chi connectivity index (χ2v) is 3.95. The minimum Gasteiger partial charge on any atom is -0.481 e. The zero-order chi connectivity index (χ0) is 11.4. The van der Waals surface area contributed by atoms with Crippen molar-refractivity contribution in [3.63, 3.8) is 0 Å². The Bertz CT molecular complexity index is 254. The first kappa shape index (κ1) is 12.0. The molecule has 1 fully saturated rings. The van der Waals surface area contributed by atoms with Crippen molar-refractivity contribution in [3.8, 4) is 0 Å². The van der Waals surface area contributed by atoms with E-state index in [4.69, 9.17) is 10.2 Å². The number of carboxylic acid groups (broad SMARTS) is 2. The lowest BCUT2D eigenvalue weighted by atomic mass is 9.88. The largest absolute Gasteiger partial charge is 0.481 e. The summed E-state index contributed by atoms with van der Waals surface area (Å²) in [7, 11) is 0. The highest BCUT2D eigenvalue weighted by Crippen LogP contribution is 2.21. The maximum Gasteiger partial charge on any atom is 0.320 e. The molecule has 1 saturated heterocycles. The number of hydrogen-bond donors (Lipinski definition) is 3. The standard InChI is InChI=1S/C10H17NO4/c1-2-6(9(12)13)7-4-3-5-8(11-7)10(14)15/h6-8,11H,2-5H2,1H3,(H,12,13)(H,14,15)/t6-,7-,8-/m0/s1. The molecule has 0 amide bonds. The molecule has 0 aromatic rings. The highest BCUT2D eigenvalue weighted by molar-refractivity contribution is 5.74. The Morgan fingerprint density at radius 3 is 2.53 bits per heavy atom. The van der Waals surface area contributed by atoms with E-state index in [1.165, 1.54) is 0 Å². The molecular formula is C10H17NO4. The number of piperidine rings is 1. The molecule has 1 rings (SSSR count). The summed E-state index contributed by atoms with van der Waals surface area (Å²) in [4.78, 5) is 21.7. The molecule has 0 aromatic heterocycles. The summed E-state index contributed by atoms with van der Waals surface area (Å²) >= 11 is 0. The lowest BCUT2D eigenvalue weighted by Gasteiger charge is -2.32. The minimum atomic E-state index is -0.889. The number of carboxylic acids is 2. The molecule has 1 heterocycles. The van der Waals surface area contributed by atoms with Crippen LogP contribution in [0.1, 0.15) is 32.6 Å². The SMILES string of the molecule is CC[C@H](C(=O)O)[C@@H]1CCC[C@@H](C(=O)O)N1. The Morgan fingerprint density at radius 2 is 2.07 bits per heavy atom. The maximum atomic E-state index is 10.9. The van der Waals surface area contributed by atoms with Crippen molar-refractivity contribution in [1.82, 2.24) is 5.32 Å². The molecule has 5 nitrogen and oxygen atoms in total. The third-order valence-electron chi connectivity index (χ3n) is 2.96. The zero-order valence-electron chi connectivity index (χ0n) is 8.77. The quantitative estimate of drug-likeness (QED) is 0.642. The van der Waals surface area contributed by atoms with E-state index < -0.39 is 23.9 Å². The first-order valence-corrected chi connectivity index (χ1v) is 5.28. The van der Waals surface area contributed by atoms with Gasteiger partial charge in [0.25, 0.3) is 0 Å². The van der Waals surface area contributed by atoms with Gasteiger partial charge < -0.3 is 15.5 Å². The topological polar surface area (TPSA) is 86.6 Å². The summed E-state index contributed by atoms with van der Waals surface area (Å²) in [5.74, 6) is -2.21. The lowest BCUT2D eigenvalue weighted by molar-refractivity contribution is -0.146. The average Bonchev–Trinajstić information content (AvgIpc) is 2.18. The van der Waals surface area contributed by atoms with Gasteiger partial charge in [-0.3, -0.25) is 9.59 Å². The van der Waals surface area contributed by atoms with Crippen LogP contribution in [0.3, 0.4) is 0 Å². The van der Waals surface area contributed by atoms with Crippen molar-refractivity contribution < 1.29 is 19.8 Å². The number of aliphatic carboxylic acids is 2. The summed E-state index contributed by atoms with van der Waals surface area (Å²) in [6.07, 6.45) is 2.63. The minimum absolute atomic E-state index is 0.206. The third kappa shape index (κ3) is 2.92. The fourth-order valence-electron chi connectivity index (χ4n) is 2.11. The van der Waals surface area contributed by atoms with Crippen LogP contribution in [0.15, 0.2) is 0 Å². The van der Waals surface area contributed by atoms with Crippen LogP contribution in [-0.2, 0) is 9.59 Å². The van der Waals surface area contributed by atoms with Gasteiger partial charge in [-0.1, -0.05) is 6.92 Å². The first-order chi connectivity index (χ1) is 7.06. The molecule has 0 saturated carbocycles. The van der Waals surface area contributed by atoms with Crippen molar-refractivity contribution >= 4 is 11.9 Å². The van der Waals surface area contributed by atoms with Gasteiger partial charge in [-0.2, -0.15) is 0 Å². The molecule has 0 aliphatic carbocycles. The Hall–Kier alpha value is -1.10. The van der Waals surface area contributed by atoms with Crippen molar-refractivity contribution in [3.05, 3.63) is 0 Å². The van der Waals surface area contributed by atoms with Crippen LogP contribution in [0.25, 0.3) is 0 Å². The zero-order valence-corrected chi connectivity index (χ0v) is 8.77. The molecule has 86 valence electrons. The van der Waals surface area contributed by atoms with Crippen LogP contribution in [0.5, 0.6) is 0 Å². The van der Waals surface area contributed by atoms with E-state index in [1.54, 1.807) is 0 Å². The fourth-order valence-corrected chi connectivity index (χ4v) is 2.11. The average molecular weight is 215 g/mol. The number of nitrogens with one attached hydrogen (secondary N) is 1. The van der Waals surface area contributed by atoms with Crippen LogP contribution in [-0.4, -0.2) is 34.2 Å². The molecule has 0 spiro atoms. The van der Waals surface area contributed by atoms with Crippen molar-refractivity contribution in [2.75, 3.05) is 0 Å². The molecular weight excluding hydrogens is 198 g/mol. The van der Waals surface area contributed by atoms with E-state index in [1.807, 2.05) is 6.92 Å². The van der Waals surface area contributed by atoms with Gasteiger partial charge >= 0.3 is 11.9 Å². The van der Waals surface area contributed by atoms with E-state index in [0.29, 0.717) is 12.8 Å². The van der Waals surface area contributed by atoms with Gasteiger partial charge in [-0.05, 0) is 25.7 Å². The molecule has 5 heteroatoms. The predicted octanol–water partition coefficient (Wildman–Crippen LogP) is 0.692. The van der Waals surface area contributed by atoms with Crippen molar-refractivity contribution in [2.24, 2.45) is 5.92 Å². The Morgan fingerprint density at radius 1 is 1.40 bits per heavy atom. The lowest BCUT2D eigenvalue weighted by Crippen LogP contribution is -2.51. The summed E-state index contributed by atoms with van der Waals surface area (Å²) < 4.78 is 0. The highest BCUT2D eigenvalue weighted by atomic mass is 16.4. The maximum absolute atomic E-state index is 10.9. The Balaban J connectivity index is 2.62. The molecule has 3 atom stereocenters. The smallest absolute Gasteiger partial charge is 0.320 e. The van der Waals surface area contributed by atoms with Gasteiger partial charge in [0.2, 0.25) is 0 Å². The highest BCUT2D eigenvalue weighted by Gasteiger charge is 2.33. The second kappa shape index (κ2) is 5.11. The van der Waals surface area contributed by atoms with Crippen molar-refractivity contribution in [1.29, 1.82) is 0 Å². The van der Waals surface area contributed by atoms with Crippen LogP contribution >= 0.6 is 0 Å². The van der Waals surface area contributed by atoms with Gasteiger partial charge in [-0.25, -0.2) is 0 Å². The fraction of sp³-hybridized carbons (Fsp3) is 0.800. The summed E-state index contributed by atoms with van der Waals surface area (Å²) in [6.45, 7) is 1.81.